The maximum Gasteiger partial charge on any atom is 0.0772 e. The smallest absolute Gasteiger partial charge is 0.0772 e. The lowest BCUT2D eigenvalue weighted by atomic mass is 10.1. The molecule has 0 aliphatic rings. The lowest BCUT2D eigenvalue weighted by Crippen LogP contribution is -2.24. The third-order valence-electron chi connectivity index (χ3n) is 3.83. The number of aromatic nitrogens is 1. The van der Waals surface area contributed by atoms with E-state index in [2.05, 4.69) is 64.5 Å². The Morgan fingerprint density at radius 1 is 0.739 bits per heavy atom. The Hall–Kier alpha value is -2.65. The molecule has 0 aliphatic heterocycles. The van der Waals surface area contributed by atoms with Gasteiger partial charge < -0.3 is 10.6 Å². The lowest BCUT2D eigenvalue weighted by Gasteiger charge is -2.26. The molecule has 2 aromatic carbocycles. The van der Waals surface area contributed by atoms with E-state index in [0.717, 1.165) is 24.5 Å². The fourth-order valence-corrected chi connectivity index (χ4v) is 2.71. The predicted octanol–water partition coefficient (Wildman–Crippen LogP) is 3.75. The Bertz CT molecular complexity index is 685. The molecule has 1 heterocycles. The van der Waals surface area contributed by atoms with Crippen molar-refractivity contribution in [3.63, 3.8) is 0 Å². The highest BCUT2D eigenvalue weighted by atomic mass is 15.1. The lowest BCUT2D eigenvalue weighted by molar-refractivity contribution is 0.784. The van der Waals surface area contributed by atoms with Crippen LogP contribution in [0.4, 0.5) is 5.69 Å². The first-order chi connectivity index (χ1) is 11.4. The van der Waals surface area contributed by atoms with Gasteiger partial charge in [-0.3, -0.25) is 4.98 Å². The number of nitrogens with two attached hydrogens (primary N) is 1. The van der Waals surface area contributed by atoms with E-state index in [9.17, 15) is 0 Å². The van der Waals surface area contributed by atoms with Crippen LogP contribution in [0.2, 0.25) is 0 Å². The zero-order chi connectivity index (χ0) is 15.9. The SMILES string of the molecule is NCc1ncccc1N(Cc1ccccc1)Cc1ccccc1. The van der Waals surface area contributed by atoms with E-state index in [4.69, 9.17) is 5.73 Å². The van der Waals surface area contributed by atoms with Crippen LogP contribution in [-0.4, -0.2) is 4.98 Å². The Kier molecular flexibility index (Phi) is 5.02. The van der Waals surface area contributed by atoms with Crippen LogP contribution in [0.3, 0.4) is 0 Å². The topological polar surface area (TPSA) is 42.1 Å². The highest BCUT2D eigenvalue weighted by Crippen LogP contribution is 2.23. The fourth-order valence-electron chi connectivity index (χ4n) is 2.71. The van der Waals surface area contributed by atoms with Gasteiger partial charge in [0.15, 0.2) is 0 Å². The van der Waals surface area contributed by atoms with Crippen molar-refractivity contribution in [3.05, 3.63) is 95.8 Å². The summed E-state index contributed by atoms with van der Waals surface area (Å²) >= 11 is 0. The van der Waals surface area contributed by atoms with Crippen LogP contribution in [0.15, 0.2) is 79.0 Å². The number of anilines is 1. The summed E-state index contributed by atoms with van der Waals surface area (Å²) in [5, 5.41) is 0. The minimum absolute atomic E-state index is 0.441. The number of nitrogens with zero attached hydrogens (tertiary/aromatic N) is 2. The van der Waals surface area contributed by atoms with Gasteiger partial charge in [-0.25, -0.2) is 0 Å². The first-order valence-corrected chi connectivity index (χ1v) is 7.83. The molecular formula is C20H21N3. The van der Waals surface area contributed by atoms with Crippen molar-refractivity contribution < 1.29 is 0 Å². The fraction of sp³-hybridized carbons (Fsp3) is 0.150. The van der Waals surface area contributed by atoms with Gasteiger partial charge in [-0.05, 0) is 23.3 Å². The molecular weight excluding hydrogens is 282 g/mol. The first-order valence-electron chi connectivity index (χ1n) is 7.83. The van der Waals surface area contributed by atoms with Crippen molar-refractivity contribution in [2.75, 3.05) is 4.90 Å². The number of hydrogen-bond acceptors (Lipinski definition) is 3. The molecule has 0 radical (unpaired) electrons. The molecule has 0 amide bonds. The monoisotopic (exact) mass is 303 g/mol. The Balaban J connectivity index is 1.92. The number of hydrogen-bond donors (Lipinski definition) is 1. The zero-order valence-electron chi connectivity index (χ0n) is 13.1. The molecule has 3 heteroatoms. The van der Waals surface area contributed by atoms with Crippen molar-refractivity contribution in [2.45, 2.75) is 19.6 Å². The normalized spacial score (nSPS) is 10.5. The maximum atomic E-state index is 5.89. The zero-order valence-corrected chi connectivity index (χ0v) is 13.1. The van der Waals surface area contributed by atoms with E-state index in [-0.39, 0.29) is 0 Å². The number of pyridine rings is 1. The van der Waals surface area contributed by atoms with Crippen LogP contribution in [0.1, 0.15) is 16.8 Å². The molecule has 23 heavy (non-hydrogen) atoms. The Morgan fingerprint density at radius 3 is 1.83 bits per heavy atom. The highest BCUT2D eigenvalue weighted by Gasteiger charge is 2.12. The molecule has 0 fully saturated rings. The van der Waals surface area contributed by atoms with Gasteiger partial charge in [0.2, 0.25) is 0 Å². The Morgan fingerprint density at radius 2 is 1.30 bits per heavy atom. The summed E-state index contributed by atoms with van der Waals surface area (Å²) in [5.74, 6) is 0. The summed E-state index contributed by atoms with van der Waals surface area (Å²) in [5.41, 5.74) is 10.5. The predicted molar refractivity (Wildman–Crippen MR) is 94.9 cm³/mol. The quantitative estimate of drug-likeness (QED) is 0.754. The summed E-state index contributed by atoms with van der Waals surface area (Å²) in [6.07, 6.45) is 1.80. The van der Waals surface area contributed by atoms with E-state index in [1.54, 1.807) is 6.20 Å². The summed E-state index contributed by atoms with van der Waals surface area (Å²) in [6.45, 7) is 2.10. The van der Waals surface area contributed by atoms with Gasteiger partial charge in [-0.15, -0.1) is 0 Å². The number of rotatable bonds is 6. The summed E-state index contributed by atoms with van der Waals surface area (Å²) in [4.78, 5) is 6.77. The second-order valence-electron chi connectivity index (χ2n) is 5.50. The first kappa shape index (κ1) is 15.3. The van der Waals surface area contributed by atoms with Gasteiger partial charge in [-0.2, -0.15) is 0 Å². The van der Waals surface area contributed by atoms with Crippen molar-refractivity contribution in [1.29, 1.82) is 0 Å². The molecule has 0 bridgehead atoms. The standard InChI is InChI=1S/C20H21N3/c21-14-19-20(12-7-13-22-19)23(15-17-8-3-1-4-9-17)16-18-10-5-2-6-11-18/h1-13H,14-16,21H2. The minimum atomic E-state index is 0.441. The average molecular weight is 303 g/mol. The molecule has 3 rings (SSSR count). The molecule has 0 saturated carbocycles. The molecule has 116 valence electrons. The third kappa shape index (κ3) is 3.96. The summed E-state index contributed by atoms with van der Waals surface area (Å²) < 4.78 is 0. The van der Waals surface area contributed by atoms with Gasteiger partial charge in [0.05, 0.1) is 11.4 Å². The molecule has 0 unspecified atom stereocenters. The van der Waals surface area contributed by atoms with Crippen molar-refractivity contribution in [2.24, 2.45) is 5.73 Å². The highest BCUT2D eigenvalue weighted by molar-refractivity contribution is 5.51. The van der Waals surface area contributed by atoms with Crippen molar-refractivity contribution in [1.82, 2.24) is 4.98 Å². The molecule has 0 spiro atoms. The summed E-state index contributed by atoms with van der Waals surface area (Å²) in [6, 6.07) is 25.0. The molecule has 3 nitrogen and oxygen atoms in total. The summed E-state index contributed by atoms with van der Waals surface area (Å²) in [7, 11) is 0. The van der Waals surface area contributed by atoms with Crippen molar-refractivity contribution in [3.8, 4) is 0 Å². The minimum Gasteiger partial charge on any atom is -0.361 e. The average Bonchev–Trinajstić information content (AvgIpc) is 2.63. The van der Waals surface area contributed by atoms with E-state index >= 15 is 0 Å². The van der Waals surface area contributed by atoms with E-state index in [1.807, 2.05) is 18.2 Å². The van der Waals surface area contributed by atoms with Gasteiger partial charge >= 0.3 is 0 Å². The van der Waals surface area contributed by atoms with E-state index in [0.29, 0.717) is 6.54 Å². The Labute approximate surface area is 137 Å². The van der Waals surface area contributed by atoms with Gasteiger partial charge in [-0.1, -0.05) is 60.7 Å². The second kappa shape index (κ2) is 7.56. The van der Waals surface area contributed by atoms with Crippen LogP contribution < -0.4 is 10.6 Å². The van der Waals surface area contributed by atoms with Gasteiger partial charge in [0.1, 0.15) is 0 Å². The molecule has 0 aliphatic carbocycles. The molecule has 0 atom stereocenters. The second-order valence-corrected chi connectivity index (χ2v) is 5.50. The van der Waals surface area contributed by atoms with E-state index in [1.165, 1.54) is 11.1 Å². The van der Waals surface area contributed by atoms with Crippen LogP contribution >= 0.6 is 0 Å². The van der Waals surface area contributed by atoms with Crippen molar-refractivity contribution >= 4 is 5.69 Å². The molecule has 0 saturated heterocycles. The maximum absolute atomic E-state index is 5.89. The molecule has 3 aromatic rings. The van der Waals surface area contributed by atoms with Crippen LogP contribution in [0, 0.1) is 0 Å². The van der Waals surface area contributed by atoms with Gasteiger partial charge in [0, 0.05) is 25.8 Å². The number of benzene rings is 2. The van der Waals surface area contributed by atoms with Crippen LogP contribution in [0.5, 0.6) is 0 Å². The molecule has 1 aromatic heterocycles. The van der Waals surface area contributed by atoms with Crippen LogP contribution in [-0.2, 0) is 19.6 Å². The van der Waals surface area contributed by atoms with E-state index < -0.39 is 0 Å². The molecule has 2 N–H and O–H groups in total. The van der Waals surface area contributed by atoms with Crippen LogP contribution in [0.25, 0.3) is 0 Å². The third-order valence-corrected chi connectivity index (χ3v) is 3.83. The largest absolute Gasteiger partial charge is 0.361 e. The van der Waals surface area contributed by atoms with Gasteiger partial charge in [0.25, 0.3) is 0 Å².